The van der Waals surface area contributed by atoms with Crippen molar-refractivity contribution in [2.24, 2.45) is 5.10 Å². The van der Waals surface area contributed by atoms with Crippen LogP contribution in [0.1, 0.15) is 20.8 Å². The second kappa shape index (κ2) is 9.77. The lowest BCUT2D eigenvalue weighted by molar-refractivity contribution is 0.519. The number of nitrogens with zero attached hydrogens (tertiary/aromatic N) is 4. The fourth-order valence-corrected chi connectivity index (χ4v) is 2.43. The fourth-order valence-electron chi connectivity index (χ4n) is 2.43. The second-order valence-electron chi connectivity index (χ2n) is 5.57. The van der Waals surface area contributed by atoms with E-state index in [2.05, 4.69) is 58.3 Å². The van der Waals surface area contributed by atoms with E-state index in [1.165, 1.54) is 5.69 Å². The van der Waals surface area contributed by atoms with E-state index in [4.69, 9.17) is 0 Å². The smallest absolute Gasteiger partial charge is 0.0592 e. The third kappa shape index (κ3) is 6.22. The maximum Gasteiger partial charge on any atom is 0.0592 e. The molecule has 0 aliphatic rings. The molecule has 0 aromatic heterocycles. The Morgan fingerprint density at radius 2 is 1.65 bits per heavy atom. The quantitative estimate of drug-likeness (QED) is 0.561. The molecule has 0 amide bonds. The molecule has 0 aliphatic heterocycles. The van der Waals surface area contributed by atoms with Gasteiger partial charge in [-0.1, -0.05) is 0 Å². The molecular formula is C18H31N5. The lowest BCUT2D eigenvalue weighted by Gasteiger charge is -2.22. The van der Waals surface area contributed by atoms with E-state index in [0.717, 1.165) is 31.0 Å². The molecule has 1 N–H and O–H groups in total. The molecule has 5 nitrogen and oxygen atoms in total. The first-order valence-corrected chi connectivity index (χ1v) is 8.18. The van der Waals surface area contributed by atoms with E-state index >= 15 is 0 Å². The van der Waals surface area contributed by atoms with Crippen LogP contribution in [0.2, 0.25) is 0 Å². The van der Waals surface area contributed by atoms with Gasteiger partial charge < -0.3 is 15.1 Å². The number of nitrogens with one attached hydrogen (secondary N) is 1. The Morgan fingerprint density at radius 3 is 2.17 bits per heavy atom. The van der Waals surface area contributed by atoms with Crippen molar-refractivity contribution in [2.45, 2.75) is 20.8 Å². The van der Waals surface area contributed by atoms with Crippen LogP contribution in [-0.4, -0.2) is 51.4 Å². The van der Waals surface area contributed by atoms with Gasteiger partial charge in [-0.05, 0) is 45.0 Å². The summed E-state index contributed by atoms with van der Waals surface area (Å²) in [5, 5.41) is 9.56. The predicted octanol–water partition coefficient (Wildman–Crippen LogP) is 2.97. The highest BCUT2D eigenvalue weighted by molar-refractivity contribution is 5.84. The van der Waals surface area contributed by atoms with Gasteiger partial charge in [0.25, 0.3) is 0 Å². The molecule has 1 aromatic carbocycles. The van der Waals surface area contributed by atoms with Crippen LogP contribution in [-0.2, 0) is 0 Å². The minimum Gasteiger partial charge on any atom is -0.393 e. The Labute approximate surface area is 141 Å². The average molecular weight is 317 g/mol. The average Bonchev–Trinajstić information content (AvgIpc) is 2.54. The zero-order valence-electron chi connectivity index (χ0n) is 15.4. The molecule has 0 aliphatic carbocycles. The van der Waals surface area contributed by atoms with Gasteiger partial charge in [-0.3, -0.25) is 5.01 Å². The normalized spacial score (nSPS) is 11.7. The molecule has 0 bridgehead atoms. The topological polar surface area (TPSA) is 34.1 Å². The predicted molar refractivity (Wildman–Crippen MR) is 102 cm³/mol. The summed E-state index contributed by atoms with van der Waals surface area (Å²) in [6.07, 6.45) is 3.90. The van der Waals surface area contributed by atoms with Gasteiger partial charge in [0.05, 0.1) is 17.9 Å². The van der Waals surface area contributed by atoms with Gasteiger partial charge in [-0.15, -0.1) is 0 Å². The van der Waals surface area contributed by atoms with E-state index in [-0.39, 0.29) is 0 Å². The Balaban J connectivity index is 2.71. The number of benzene rings is 1. The molecule has 0 radical (unpaired) electrons. The van der Waals surface area contributed by atoms with Gasteiger partial charge in [-0.2, -0.15) is 5.10 Å². The highest BCUT2D eigenvalue weighted by Crippen LogP contribution is 2.20. The molecule has 0 saturated heterocycles. The minimum atomic E-state index is 0.792. The fraction of sp³-hybridized carbons (Fsp3) is 0.500. The summed E-state index contributed by atoms with van der Waals surface area (Å²) in [5.41, 5.74) is 3.40. The van der Waals surface area contributed by atoms with Crippen LogP contribution >= 0.6 is 0 Å². The Morgan fingerprint density at radius 1 is 1.09 bits per heavy atom. The maximum absolute atomic E-state index is 4.65. The molecule has 0 atom stereocenters. The largest absolute Gasteiger partial charge is 0.393 e. The summed E-state index contributed by atoms with van der Waals surface area (Å²) < 4.78 is 0. The molecule has 128 valence electrons. The highest BCUT2D eigenvalue weighted by atomic mass is 15.4. The molecule has 0 unspecified atom stereocenters. The van der Waals surface area contributed by atoms with Crippen molar-refractivity contribution < 1.29 is 0 Å². The first-order chi connectivity index (χ1) is 11.0. The second-order valence-corrected chi connectivity index (χ2v) is 5.57. The summed E-state index contributed by atoms with van der Waals surface area (Å²) in [7, 11) is 5.91. The van der Waals surface area contributed by atoms with Crippen LogP contribution in [0.25, 0.3) is 0 Å². The first kappa shape index (κ1) is 18.9. The zero-order valence-corrected chi connectivity index (χ0v) is 15.4. The minimum absolute atomic E-state index is 0.792. The van der Waals surface area contributed by atoms with E-state index in [0.29, 0.717) is 0 Å². The van der Waals surface area contributed by atoms with Crippen molar-refractivity contribution in [2.75, 3.05) is 50.7 Å². The van der Waals surface area contributed by atoms with Crippen molar-refractivity contribution in [3.8, 4) is 0 Å². The molecule has 0 spiro atoms. The van der Waals surface area contributed by atoms with Crippen LogP contribution in [0.15, 0.2) is 41.8 Å². The number of hydrogen-bond donors (Lipinski definition) is 1. The van der Waals surface area contributed by atoms with Gasteiger partial charge in [0, 0.05) is 52.3 Å². The maximum atomic E-state index is 4.65. The zero-order chi connectivity index (χ0) is 17.2. The van der Waals surface area contributed by atoms with Crippen LogP contribution in [0.5, 0.6) is 0 Å². The summed E-state index contributed by atoms with van der Waals surface area (Å²) in [6.45, 7) is 9.24. The van der Waals surface area contributed by atoms with Crippen molar-refractivity contribution in [1.82, 2.24) is 10.2 Å². The lowest BCUT2D eigenvalue weighted by Crippen LogP contribution is -2.23. The van der Waals surface area contributed by atoms with E-state index < -0.39 is 0 Å². The van der Waals surface area contributed by atoms with Gasteiger partial charge in [0.2, 0.25) is 0 Å². The molecule has 0 heterocycles. The van der Waals surface area contributed by atoms with Gasteiger partial charge in [0.1, 0.15) is 0 Å². The van der Waals surface area contributed by atoms with E-state index in [1.807, 2.05) is 45.5 Å². The van der Waals surface area contributed by atoms with Crippen LogP contribution in [0.4, 0.5) is 11.4 Å². The molecule has 0 fully saturated rings. The Hall–Kier alpha value is -2.17. The monoisotopic (exact) mass is 317 g/mol. The lowest BCUT2D eigenvalue weighted by atomic mass is 10.2. The molecule has 0 saturated carbocycles. The Kier molecular flexibility index (Phi) is 8.02. The van der Waals surface area contributed by atoms with Gasteiger partial charge >= 0.3 is 0 Å². The van der Waals surface area contributed by atoms with Crippen molar-refractivity contribution in [3.63, 3.8) is 0 Å². The Bertz CT molecular complexity index is 503. The van der Waals surface area contributed by atoms with E-state index in [1.54, 1.807) is 0 Å². The van der Waals surface area contributed by atoms with Crippen LogP contribution < -0.4 is 15.2 Å². The summed E-state index contributed by atoms with van der Waals surface area (Å²) >= 11 is 0. The molecule has 1 rings (SSSR count). The first-order valence-electron chi connectivity index (χ1n) is 8.18. The third-order valence-electron chi connectivity index (χ3n) is 3.65. The summed E-state index contributed by atoms with van der Waals surface area (Å²) in [6, 6.07) is 8.56. The van der Waals surface area contributed by atoms with E-state index in [9.17, 15) is 0 Å². The van der Waals surface area contributed by atoms with Crippen molar-refractivity contribution in [1.29, 1.82) is 0 Å². The molecule has 1 aromatic rings. The molecule has 5 heteroatoms. The molecular weight excluding hydrogens is 286 g/mol. The summed E-state index contributed by atoms with van der Waals surface area (Å²) in [4.78, 5) is 4.42. The van der Waals surface area contributed by atoms with Crippen LogP contribution in [0.3, 0.4) is 0 Å². The highest BCUT2D eigenvalue weighted by Gasteiger charge is 2.04. The number of hydrogen-bond acceptors (Lipinski definition) is 5. The third-order valence-corrected chi connectivity index (χ3v) is 3.65. The SMILES string of the molecule is CCN(CC)c1ccc(N(C)/N=C(\C)CN(C)/C=C\NC)cc1. The van der Waals surface area contributed by atoms with Gasteiger partial charge in [-0.25, -0.2) is 0 Å². The molecule has 23 heavy (non-hydrogen) atoms. The summed E-state index contributed by atoms with van der Waals surface area (Å²) in [5.74, 6) is 0. The standard InChI is InChI=1S/C18H31N5/c1-7-23(8-2)18-11-9-17(10-12-18)22(6)20-16(3)15-21(5)14-13-19-4/h9-14,19H,7-8,15H2,1-6H3/b14-13-,20-16+. The number of anilines is 2. The van der Waals surface area contributed by atoms with Crippen LogP contribution in [0, 0.1) is 0 Å². The number of rotatable bonds is 9. The van der Waals surface area contributed by atoms with Crippen molar-refractivity contribution >= 4 is 17.1 Å². The van der Waals surface area contributed by atoms with Gasteiger partial charge in [0.15, 0.2) is 0 Å². The number of hydrazone groups is 1. The van der Waals surface area contributed by atoms with Crippen molar-refractivity contribution in [3.05, 3.63) is 36.7 Å².